The van der Waals surface area contributed by atoms with E-state index in [4.69, 9.17) is 14.2 Å². The molecule has 1 aromatic carbocycles. The molecule has 5 heterocycles. The van der Waals surface area contributed by atoms with Crippen molar-refractivity contribution in [2.24, 2.45) is 4.36 Å². The molecule has 2 aliphatic rings. The van der Waals surface area contributed by atoms with Crippen molar-refractivity contribution in [1.82, 2.24) is 19.9 Å². The van der Waals surface area contributed by atoms with E-state index < -0.39 is 27.8 Å². The van der Waals surface area contributed by atoms with Crippen LogP contribution in [0.3, 0.4) is 0 Å². The maximum atomic E-state index is 15.0. The van der Waals surface area contributed by atoms with Gasteiger partial charge in [0.15, 0.2) is 23.6 Å². The molecule has 6 rings (SSSR count). The number of hydrogen-bond donors (Lipinski definition) is 2. The standard InChI is InChI=1S/C25H24FN5O5S/c1-37(2,33)31-15-9-27-25(28-10-15)14-5-3-13(4-6-14)22-16(26)7-17-18(30-22)8-21(29-17)36-20-12-35-23-19(32)11-34-24(20)23/h3-10,19-20,23-24,29,32H,11-12H2,1-2H3/t19-,20-,23?,24-/m1/s1. The van der Waals surface area contributed by atoms with Crippen molar-refractivity contribution in [3.63, 3.8) is 0 Å². The summed E-state index contributed by atoms with van der Waals surface area (Å²) in [4.78, 5) is 16.1. The fourth-order valence-corrected chi connectivity index (χ4v) is 5.13. The summed E-state index contributed by atoms with van der Waals surface area (Å²) < 4.78 is 48.1. The molecule has 2 fully saturated rings. The van der Waals surface area contributed by atoms with Crippen LogP contribution in [0.15, 0.2) is 53.2 Å². The lowest BCUT2D eigenvalue weighted by Crippen LogP contribution is -2.34. The van der Waals surface area contributed by atoms with Gasteiger partial charge in [-0.15, -0.1) is 0 Å². The highest BCUT2D eigenvalue weighted by Crippen LogP contribution is 2.32. The average molecular weight is 526 g/mol. The Hall–Kier alpha value is -3.45. The van der Waals surface area contributed by atoms with Crippen LogP contribution >= 0.6 is 0 Å². The molecule has 0 bridgehead atoms. The van der Waals surface area contributed by atoms with E-state index in [-0.39, 0.29) is 24.5 Å². The molecule has 0 aliphatic carbocycles. The number of halogens is 1. The monoisotopic (exact) mass is 525 g/mol. The molecule has 4 atom stereocenters. The average Bonchev–Trinajstić information content (AvgIpc) is 3.55. The van der Waals surface area contributed by atoms with Gasteiger partial charge in [0.1, 0.15) is 29.7 Å². The number of hydrogen-bond acceptors (Lipinski definition) is 9. The number of aromatic nitrogens is 4. The molecule has 1 unspecified atom stereocenters. The Morgan fingerprint density at radius 2 is 1.78 bits per heavy atom. The number of nitrogens with zero attached hydrogens (tertiary/aromatic N) is 4. The summed E-state index contributed by atoms with van der Waals surface area (Å²) in [6, 6.07) is 10.2. The number of H-pyrrole nitrogens is 1. The summed E-state index contributed by atoms with van der Waals surface area (Å²) in [6.45, 7) is 0.505. The summed E-state index contributed by atoms with van der Waals surface area (Å²) in [5.41, 5.74) is 3.02. The fraction of sp³-hybridized carbons (Fsp3) is 0.320. The predicted octanol–water partition coefficient (Wildman–Crippen LogP) is 3.09. The van der Waals surface area contributed by atoms with Crippen molar-refractivity contribution in [2.75, 3.05) is 25.7 Å². The summed E-state index contributed by atoms with van der Waals surface area (Å²) in [7, 11) is -2.30. The number of aliphatic hydroxyl groups excluding tert-OH is 1. The van der Waals surface area contributed by atoms with Crippen molar-refractivity contribution in [3.8, 4) is 28.5 Å². The lowest BCUT2D eigenvalue weighted by molar-refractivity contribution is 0.00794. The lowest BCUT2D eigenvalue weighted by Gasteiger charge is -2.16. The van der Waals surface area contributed by atoms with Crippen LogP contribution in [0, 0.1) is 5.82 Å². The SMILES string of the molecule is CS(C)(=O)=Nc1cnc(-c2ccc(-c3nc4cc(O[C@@H]5COC6[C@H](O)CO[C@@H]65)[nH]c4cc3F)cc2)nc1. The Balaban J connectivity index is 1.22. The van der Waals surface area contributed by atoms with Gasteiger partial charge in [0, 0.05) is 45.5 Å². The van der Waals surface area contributed by atoms with Gasteiger partial charge in [-0.1, -0.05) is 24.3 Å². The Bertz CT molecular complexity index is 1580. The second-order valence-electron chi connectivity index (χ2n) is 9.32. The molecule has 2 N–H and O–H groups in total. The number of pyridine rings is 1. The highest BCUT2D eigenvalue weighted by atomic mass is 32.2. The first-order valence-corrected chi connectivity index (χ1v) is 13.9. The number of ether oxygens (including phenoxy) is 3. The molecule has 2 saturated heterocycles. The molecule has 2 aliphatic heterocycles. The zero-order chi connectivity index (χ0) is 25.7. The molecule has 0 radical (unpaired) electrons. The summed E-state index contributed by atoms with van der Waals surface area (Å²) in [5, 5.41) is 9.91. The van der Waals surface area contributed by atoms with Crippen LogP contribution in [-0.2, 0) is 19.2 Å². The van der Waals surface area contributed by atoms with Crippen molar-refractivity contribution >= 4 is 26.4 Å². The van der Waals surface area contributed by atoms with Gasteiger partial charge in [-0.25, -0.2) is 23.6 Å². The maximum absolute atomic E-state index is 15.0. The van der Waals surface area contributed by atoms with Gasteiger partial charge in [-0.3, -0.25) is 0 Å². The molecule has 192 valence electrons. The van der Waals surface area contributed by atoms with Crippen molar-refractivity contribution in [3.05, 3.63) is 54.6 Å². The van der Waals surface area contributed by atoms with Crippen molar-refractivity contribution in [1.29, 1.82) is 0 Å². The zero-order valence-electron chi connectivity index (χ0n) is 20.0. The van der Waals surface area contributed by atoms with E-state index >= 15 is 0 Å². The number of fused-ring (bicyclic) bond motifs is 2. The van der Waals surface area contributed by atoms with Crippen LogP contribution in [0.4, 0.5) is 10.1 Å². The second kappa shape index (κ2) is 9.14. The van der Waals surface area contributed by atoms with Gasteiger partial charge in [-0.2, -0.15) is 4.36 Å². The van der Waals surface area contributed by atoms with Gasteiger partial charge in [0.05, 0.1) is 36.6 Å². The van der Waals surface area contributed by atoms with Crippen LogP contribution in [-0.4, -0.2) is 79.4 Å². The molecule has 0 spiro atoms. The highest BCUT2D eigenvalue weighted by molar-refractivity contribution is 7.92. The van der Waals surface area contributed by atoms with E-state index in [0.29, 0.717) is 40.6 Å². The third-order valence-electron chi connectivity index (χ3n) is 6.17. The van der Waals surface area contributed by atoms with E-state index in [1.807, 2.05) is 0 Å². The van der Waals surface area contributed by atoms with Gasteiger partial charge < -0.3 is 24.3 Å². The highest BCUT2D eigenvalue weighted by Gasteiger charge is 2.48. The molecule has 10 nitrogen and oxygen atoms in total. The predicted molar refractivity (Wildman–Crippen MR) is 134 cm³/mol. The summed E-state index contributed by atoms with van der Waals surface area (Å²) >= 11 is 0. The van der Waals surface area contributed by atoms with Gasteiger partial charge in [0.25, 0.3) is 0 Å². The third kappa shape index (κ3) is 4.80. The molecular formula is C25H24FN5O5S. The molecule has 4 aromatic rings. The van der Waals surface area contributed by atoms with Gasteiger partial charge >= 0.3 is 0 Å². The normalized spacial score (nSPS) is 23.4. The first-order valence-electron chi connectivity index (χ1n) is 11.6. The third-order valence-corrected chi connectivity index (χ3v) is 6.82. The first kappa shape index (κ1) is 23.9. The minimum absolute atomic E-state index is 0.201. The van der Waals surface area contributed by atoms with Crippen molar-refractivity contribution in [2.45, 2.75) is 24.4 Å². The molecule has 0 amide bonds. The Morgan fingerprint density at radius 1 is 1.08 bits per heavy atom. The smallest absolute Gasteiger partial charge is 0.193 e. The second-order valence-corrected chi connectivity index (χ2v) is 11.9. The maximum Gasteiger partial charge on any atom is 0.193 e. The van der Waals surface area contributed by atoms with Crippen LogP contribution in [0.5, 0.6) is 5.88 Å². The molecule has 0 saturated carbocycles. The lowest BCUT2D eigenvalue weighted by atomic mass is 10.1. The largest absolute Gasteiger partial charge is 0.470 e. The molecule has 37 heavy (non-hydrogen) atoms. The topological polar surface area (TPSA) is 132 Å². The fourth-order valence-electron chi connectivity index (χ4n) is 4.53. The van der Waals surface area contributed by atoms with E-state index in [2.05, 4.69) is 24.3 Å². The Labute approximate surface area is 212 Å². The van der Waals surface area contributed by atoms with E-state index in [0.717, 1.165) is 5.56 Å². The quantitative estimate of drug-likeness (QED) is 0.406. The van der Waals surface area contributed by atoms with Crippen LogP contribution in [0.2, 0.25) is 0 Å². The minimum Gasteiger partial charge on any atom is -0.470 e. The van der Waals surface area contributed by atoms with E-state index in [1.165, 1.54) is 18.5 Å². The van der Waals surface area contributed by atoms with E-state index in [9.17, 15) is 13.7 Å². The van der Waals surface area contributed by atoms with Crippen LogP contribution in [0.25, 0.3) is 33.7 Å². The number of benzene rings is 1. The molecule has 3 aromatic heterocycles. The first-order chi connectivity index (χ1) is 17.7. The Morgan fingerprint density at radius 3 is 2.51 bits per heavy atom. The van der Waals surface area contributed by atoms with Crippen LogP contribution < -0.4 is 4.74 Å². The van der Waals surface area contributed by atoms with Gasteiger partial charge in [-0.05, 0) is 0 Å². The number of aromatic amines is 1. The number of aliphatic hydroxyl groups is 1. The minimum atomic E-state index is -2.30. The molecular weight excluding hydrogens is 501 g/mol. The number of rotatable bonds is 5. The number of nitrogens with one attached hydrogen (secondary N) is 1. The van der Waals surface area contributed by atoms with Crippen LogP contribution in [0.1, 0.15) is 0 Å². The van der Waals surface area contributed by atoms with E-state index in [1.54, 1.807) is 42.8 Å². The summed E-state index contributed by atoms with van der Waals surface area (Å²) in [6.07, 6.45) is 4.32. The van der Waals surface area contributed by atoms with Gasteiger partial charge in [0.2, 0.25) is 0 Å². The zero-order valence-corrected chi connectivity index (χ0v) is 20.8. The Kier molecular flexibility index (Phi) is 5.91. The molecule has 12 heteroatoms. The van der Waals surface area contributed by atoms with Crippen molar-refractivity contribution < 1.29 is 27.9 Å². The summed E-state index contributed by atoms with van der Waals surface area (Å²) in [5.74, 6) is 0.408.